The van der Waals surface area contributed by atoms with Gasteiger partial charge < -0.3 is 25.8 Å². The van der Waals surface area contributed by atoms with Crippen molar-refractivity contribution >= 4 is 23.3 Å². The van der Waals surface area contributed by atoms with Crippen LogP contribution < -0.4 is 20.7 Å². The zero-order valence-electron chi connectivity index (χ0n) is 17.2. The smallest absolute Gasteiger partial charge is 0.320 e. The summed E-state index contributed by atoms with van der Waals surface area (Å²) in [6.07, 6.45) is 0. The average Bonchev–Trinajstić information content (AvgIpc) is 2.70. The molecule has 2 aromatic carbocycles. The number of aryl methyl sites for hydroxylation is 1. The zero-order chi connectivity index (χ0) is 22.7. The molecule has 1 heterocycles. The Hall–Kier alpha value is -4.08. The SMILES string of the molecule is CCOc1c(O)ccc([C@H]2NC(=O)NC(C)=C2C(=O)Nc2ccccc2C)c1[N+](=O)[O-]. The Morgan fingerprint density at radius 2 is 1.97 bits per heavy atom. The van der Waals surface area contributed by atoms with Crippen molar-refractivity contribution in [2.75, 3.05) is 11.9 Å². The number of rotatable bonds is 6. The molecule has 31 heavy (non-hydrogen) atoms. The molecule has 3 rings (SSSR count). The van der Waals surface area contributed by atoms with Gasteiger partial charge in [0.1, 0.15) is 0 Å². The molecule has 4 N–H and O–H groups in total. The number of phenols is 1. The second-order valence-electron chi connectivity index (χ2n) is 6.88. The molecule has 3 amide bonds. The lowest BCUT2D eigenvalue weighted by atomic mass is 9.93. The molecule has 0 saturated carbocycles. The van der Waals surface area contributed by atoms with E-state index in [0.717, 1.165) is 5.56 Å². The van der Waals surface area contributed by atoms with Gasteiger partial charge in [0.15, 0.2) is 5.75 Å². The molecule has 0 aliphatic carbocycles. The van der Waals surface area contributed by atoms with Gasteiger partial charge >= 0.3 is 11.7 Å². The van der Waals surface area contributed by atoms with Crippen molar-refractivity contribution in [3.8, 4) is 11.5 Å². The highest BCUT2D eigenvalue weighted by Gasteiger charge is 2.37. The van der Waals surface area contributed by atoms with Crippen molar-refractivity contribution in [3.05, 3.63) is 68.9 Å². The first-order valence-electron chi connectivity index (χ1n) is 9.52. The predicted molar refractivity (Wildman–Crippen MR) is 113 cm³/mol. The third-order valence-corrected chi connectivity index (χ3v) is 4.83. The summed E-state index contributed by atoms with van der Waals surface area (Å²) in [4.78, 5) is 36.5. The van der Waals surface area contributed by atoms with E-state index < -0.39 is 34.3 Å². The van der Waals surface area contributed by atoms with Gasteiger partial charge in [-0.15, -0.1) is 0 Å². The number of nitrogens with one attached hydrogen (secondary N) is 3. The first-order chi connectivity index (χ1) is 14.7. The van der Waals surface area contributed by atoms with Crippen molar-refractivity contribution in [1.82, 2.24) is 10.6 Å². The monoisotopic (exact) mass is 426 g/mol. The molecular formula is C21H22N4O6. The summed E-state index contributed by atoms with van der Waals surface area (Å²) < 4.78 is 5.28. The maximum atomic E-state index is 13.2. The van der Waals surface area contributed by atoms with Crippen LogP contribution in [0.2, 0.25) is 0 Å². The first kappa shape index (κ1) is 21.6. The number of benzene rings is 2. The van der Waals surface area contributed by atoms with Gasteiger partial charge in [-0.25, -0.2) is 4.79 Å². The number of allylic oxidation sites excluding steroid dienone is 1. The third kappa shape index (κ3) is 4.27. The highest BCUT2D eigenvalue weighted by Crippen LogP contribution is 2.43. The van der Waals surface area contributed by atoms with Crippen LogP contribution in [0.1, 0.15) is 31.0 Å². The Labute approximate surface area is 178 Å². The summed E-state index contributed by atoms with van der Waals surface area (Å²) in [6.45, 7) is 5.06. The summed E-state index contributed by atoms with van der Waals surface area (Å²) in [5.41, 5.74) is 1.23. The van der Waals surface area contributed by atoms with E-state index in [1.165, 1.54) is 19.1 Å². The normalized spacial score (nSPS) is 15.7. The number of carbonyl (C=O) groups is 2. The summed E-state index contributed by atoms with van der Waals surface area (Å²) in [7, 11) is 0. The number of nitrogens with zero attached hydrogens (tertiary/aromatic N) is 1. The number of phenolic OH excluding ortho intramolecular Hbond substituents is 1. The number of aromatic hydroxyl groups is 1. The van der Waals surface area contributed by atoms with Crippen LogP contribution >= 0.6 is 0 Å². The molecule has 1 aliphatic heterocycles. The molecule has 10 heteroatoms. The lowest BCUT2D eigenvalue weighted by Gasteiger charge is -2.29. The Morgan fingerprint density at radius 3 is 2.61 bits per heavy atom. The van der Waals surface area contributed by atoms with Crippen molar-refractivity contribution in [2.24, 2.45) is 0 Å². The molecule has 0 radical (unpaired) electrons. The van der Waals surface area contributed by atoms with Crippen LogP contribution in [0.5, 0.6) is 11.5 Å². The maximum absolute atomic E-state index is 13.2. The van der Waals surface area contributed by atoms with Crippen molar-refractivity contribution < 1.29 is 24.4 Å². The summed E-state index contributed by atoms with van der Waals surface area (Å²) in [6, 6.07) is 7.91. The number of amides is 3. The van der Waals surface area contributed by atoms with E-state index in [9.17, 15) is 24.8 Å². The fraction of sp³-hybridized carbons (Fsp3) is 0.238. The van der Waals surface area contributed by atoms with Gasteiger partial charge in [0.25, 0.3) is 5.91 Å². The van der Waals surface area contributed by atoms with Crippen LogP contribution in [0.25, 0.3) is 0 Å². The minimum Gasteiger partial charge on any atom is -0.504 e. The molecule has 0 unspecified atom stereocenters. The summed E-state index contributed by atoms with van der Waals surface area (Å²) in [5, 5.41) is 29.8. The zero-order valence-corrected chi connectivity index (χ0v) is 17.2. The van der Waals surface area contributed by atoms with Gasteiger partial charge in [0.05, 0.1) is 28.7 Å². The molecular weight excluding hydrogens is 404 g/mol. The Kier molecular flexibility index (Phi) is 6.10. The number of ether oxygens (including phenoxy) is 1. The van der Waals surface area contributed by atoms with E-state index in [1.54, 1.807) is 19.1 Å². The number of anilines is 1. The van der Waals surface area contributed by atoms with Gasteiger partial charge in [-0.05, 0) is 44.5 Å². The minimum atomic E-state index is -1.14. The van der Waals surface area contributed by atoms with E-state index in [1.807, 2.05) is 19.1 Å². The largest absolute Gasteiger partial charge is 0.504 e. The quantitative estimate of drug-likeness (QED) is 0.412. The standard InChI is InChI=1S/C21H22N4O6/c1-4-31-19-15(26)10-9-13(18(19)25(29)30)17-16(12(3)22-21(28)24-17)20(27)23-14-8-6-5-7-11(14)2/h5-10,17,26H,4H2,1-3H3,(H,23,27)(H2,22,24,28)/t17-/m1/s1. The first-order valence-corrected chi connectivity index (χ1v) is 9.52. The molecule has 10 nitrogen and oxygen atoms in total. The van der Waals surface area contributed by atoms with E-state index in [4.69, 9.17) is 4.74 Å². The highest BCUT2D eigenvalue weighted by molar-refractivity contribution is 6.07. The van der Waals surface area contributed by atoms with Crippen LogP contribution in [-0.4, -0.2) is 28.6 Å². The predicted octanol–water partition coefficient (Wildman–Crippen LogP) is 3.27. The van der Waals surface area contributed by atoms with Crippen LogP contribution in [0.15, 0.2) is 47.7 Å². The molecule has 0 aromatic heterocycles. The van der Waals surface area contributed by atoms with Crippen LogP contribution in [0.4, 0.5) is 16.2 Å². The summed E-state index contributed by atoms with van der Waals surface area (Å²) >= 11 is 0. The number of carbonyl (C=O) groups excluding carboxylic acids is 2. The maximum Gasteiger partial charge on any atom is 0.320 e. The highest BCUT2D eigenvalue weighted by atomic mass is 16.6. The van der Waals surface area contributed by atoms with Crippen molar-refractivity contribution in [2.45, 2.75) is 26.8 Å². The molecule has 1 aliphatic rings. The summed E-state index contributed by atoms with van der Waals surface area (Å²) in [5.74, 6) is -1.28. The molecule has 2 aromatic rings. The second-order valence-corrected chi connectivity index (χ2v) is 6.88. The number of hydrogen-bond donors (Lipinski definition) is 4. The van der Waals surface area contributed by atoms with Crippen molar-refractivity contribution in [1.29, 1.82) is 0 Å². The molecule has 1 atom stereocenters. The lowest BCUT2D eigenvalue weighted by molar-refractivity contribution is -0.386. The molecule has 0 spiro atoms. The van der Waals surface area contributed by atoms with Gasteiger partial charge in [0, 0.05) is 11.4 Å². The fourth-order valence-corrected chi connectivity index (χ4v) is 3.41. The number of urea groups is 1. The number of hydrogen-bond acceptors (Lipinski definition) is 6. The van der Waals surface area contributed by atoms with Crippen LogP contribution in [-0.2, 0) is 4.79 Å². The molecule has 0 fully saturated rings. The fourth-order valence-electron chi connectivity index (χ4n) is 3.41. The van der Waals surface area contributed by atoms with Gasteiger partial charge in [-0.1, -0.05) is 18.2 Å². The van der Waals surface area contributed by atoms with Gasteiger partial charge in [0.2, 0.25) is 5.75 Å². The Balaban J connectivity index is 2.12. The molecule has 162 valence electrons. The van der Waals surface area contributed by atoms with Crippen LogP contribution in [0, 0.1) is 17.0 Å². The van der Waals surface area contributed by atoms with E-state index in [-0.39, 0.29) is 29.2 Å². The molecule has 0 bridgehead atoms. The molecule has 0 saturated heterocycles. The number of nitro benzene ring substituents is 1. The Morgan fingerprint density at radius 1 is 1.26 bits per heavy atom. The topological polar surface area (TPSA) is 143 Å². The van der Waals surface area contributed by atoms with E-state index >= 15 is 0 Å². The van der Waals surface area contributed by atoms with Gasteiger partial charge in [-0.2, -0.15) is 0 Å². The van der Waals surface area contributed by atoms with Gasteiger partial charge in [-0.3, -0.25) is 14.9 Å². The van der Waals surface area contributed by atoms with Crippen molar-refractivity contribution in [3.63, 3.8) is 0 Å². The van der Waals surface area contributed by atoms with Crippen LogP contribution in [0.3, 0.4) is 0 Å². The average molecular weight is 426 g/mol. The van der Waals surface area contributed by atoms with E-state index in [0.29, 0.717) is 5.69 Å². The number of nitro groups is 1. The second kappa shape index (κ2) is 8.74. The third-order valence-electron chi connectivity index (χ3n) is 4.83. The number of para-hydroxylation sites is 1. The lowest BCUT2D eigenvalue weighted by Crippen LogP contribution is -2.46. The Bertz CT molecular complexity index is 1100. The minimum absolute atomic E-state index is 0.00961. The van der Waals surface area contributed by atoms with E-state index in [2.05, 4.69) is 16.0 Å².